The van der Waals surface area contributed by atoms with Gasteiger partial charge in [-0.15, -0.1) is 0 Å². The van der Waals surface area contributed by atoms with Gasteiger partial charge in [-0.05, 0) is 18.6 Å². The molecule has 0 aliphatic rings. The van der Waals surface area contributed by atoms with E-state index >= 15 is 0 Å². The third kappa shape index (κ3) is 3.78. The quantitative estimate of drug-likeness (QED) is 0.838. The van der Waals surface area contributed by atoms with Crippen molar-refractivity contribution < 1.29 is 8.42 Å². The number of pyridine rings is 1. The van der Waals surface area contributed by atoms with Crippen molar-refractivity contribution in [2.75, 3.05) is 12.3 Å². The number of hydrogen-bond acceptors (Lipinski definition) is 3. The molecular weight excluding hydrogens is 262 g/mol. The smallest absolute Gasteiger partial charge is 0.211 e. The van der Waals surface area contributed by atoms with Crippen LogP contribution < -0.4 is 4.72 Å². The van der Waals surface area contributed by atoms with E-state index in [1.807, 2.05) is 35.7 Å². The van der Waals surface area contributed by atoms with Crippen molar-refractivity contribution in [3.8, 4) is 0 Å². The van der Waals surface area contributed by atoms with Crippen molar-refractivity contribution in [2.24, 2.45) is 0 Å². The maximum absolute atomic E-state index is 11.6. The molecule has 2 rings (SSSR count). The monoisotopic (exact) mass is 281 g/mol. The minimum atomic E-state index is -3.14. The standard InChI is InChI=1S/C13H19N3O2S/c1-2-3-10-19(17,18)15-8-7-13-14-11-12-6-4-5-9-16(12)13/h4-6,9,11,15H,2-3,7-8,10H2,1H3. The van der Waals surface area contributed by atoms with Gasteiger partial charge in [-0.25, -0.2) is 18.1 Å². The highest BCUT2D eigenvalue weighted by Crippen LogP contribution is 2.06. The third-order valence-electron chi connectivity index (χ3n) is 2.95. The van der Waals surface area contributed by atoms with Gasteiger partial charge in [0.15, 0.2) is 0 Å². The molecular formula is C13H19N3O2S. The minimum Gasteiger partial charge on any atom is -0.304 e. The lowest BCUT2D eigenvalue weighted by Gasteiger charge is -2.05. The summed E-state index contributed by atoms with van der Waals surface area (Å²) >= 11 is 0. The lowest BCUT2D eigenvalue weighted by Crippen LogP contribution is -2.28. The molecule has 0 radical (unpaired) electrons. The van der Waals surface area contributed by atoms with Crippen LogP contribution in [0.5, 0.6) is 0 Å². The number of rotatable bonds is 7. The first-order valence-electron chi connectivity index (χ1n) is 6.50. The van der Waals surface area contributed by atoms with E-state index in [9.17, 15) is 8.42 Å². The van der Waals surface area contributed by atoms with Crippen molar-refractivity contribution in [2.45, 2.75) is 26.2 Å². The molecule has 2 heterocycles. The summed E-state index contributed by atoms with van der Waals surface area (Å²) < 4.78 is 27.9. The second kappa shape index (κ2) is 6.16. The molecule has 0 atom stereocenters. The van der Waals surface area contributed by atoms with Gasteiger partial charge in [0, 0.05) is 19.2 Å². The van der Waals surface area contributed by atoms with Crippen LogP contribution >= 0.6 is 0 Å². The Labute approximate surface area is 113 Å². The number of unbranched alkanes of at least 4 members (excludes halogenated alkanes) is 1. The van der Waals surface area contributed by atoms with Gasteiger partial charge in [0.25, 0.3) is 0 Å². The van der Waals surface area contributed by atoms with Crippen molar-refractivity contribution in [1.29, 1.82) is 0 Å². The van der Waals surface area contributed by atoms with Gasteiger partial charge in [-0.3, -0.25) is 0 Å². The molecule has 19 heavy (non-hydrogen) atoms. The number of nitrogens with zero attached hydrogens (tertiary/aromatic N) is 2. The Bertz CT molecular complexity index is 634. The van der Waals surface area contributed by atoms with Gasteiger partial charge < -0.3 is 4.40 Å². The average molecular weight is 281 g/mol. The molecule has 0 saturated carbocycles. The molecule has 2 aromatic heterocycles. The molecule has 104 valence electrons. The fourth-order valence-corrected chi connectivity index (χ4v) is 3.14. The van der Waals surface area contributed by atoms with E-state index in [4.69, 9.17) is 0 Å². The van der Waals surface area contributed by atoms with Gasteiger partial charge in [-0.2, -0.15) is 0 Å². The number of fused-ring (bicyclic) bond motifs is 1. The first-order valence-corrected chi connectivity index (χ1v) is 8.16. The molecule has 1 N–H and O–H groups in total. The molecule has 0 spiro atoms. The summed E-state index contributed by atoms with van der Waals surface area (Å²) in [5.41, 5.74) is 1.02. The second-order valence-electron chi connectivity index (χ2n) is 4.49. The molecule has 0 bridgehead atoms. The molecule has 0 fully saturated rings. The van der Waals surface area contributed by atoms with Crippen LogP contribution in [-0.4, -0.2) is 30.1 Å². The predicted octanol–water partition coefficient (Wildman–Crippen LogP) is 1.60. The number of aromatic nitrogens is 2. The zero-order valence-electron chi connectivity index (χ0n) is 11.0. The summed E-state index contributed by atoms with van der Waals surface area (Å²) in [6.07, 6.45) is 5.89. The molecule has 5 nitrogen and oxygen atoms in total. The van der Waals surface area contributed by atoms with Crippen LogP contribution in [0.15, 0.2) is 30.6 Å². The maximum Gasteiger partial charge on any atom is 0.211 e. The fourth-order valence-electron chi connectivity index (χ4n) is 1.91. The Balaban J connectivity index is 1.93. The van der Waals surface area contributed by atoms with Crippen LogP contribution in [0.4, 0.5) is 0 Å². The van der Waals surface area contributed by atoms with E-state index in [1.54, 1.807) is 6.20 Å². The van der Waals surface area contributed by atoms with Crippen LogP contribution in [0, 0.1) is 0 Å². The summed E-state index contributed by atoms with van der Waals surface area (Å²) in [6.45, 7) is 2.37. The lowest BCUT2D eigenvalue weighted by molar-refractivity contribution is 0.577. The number of imidazole rings is 1. The van der Waals surface area contributed by atoms with Gasteiger partial charge in [-0.1, -0.05) is 19.4 Å². The maximum atomic E-state index is 11.6. The van der Waals surface area contributed by atoms with Gasteiger partial charge >= 0.3 is 0 Å². The van der Waals surface area contributed by atoms with E-state index in [-0.39, 0.29) is 5.75 Å². The van der Waals surface area contributed by atoms with Crippen LogP contribution in [0.25, 0.3) is 5.52 Å². The Morgan fingerprint density at radius 3 is 3.00 bits per heavy atom. The lowest BCUT2D eigenvalue weighted by atomic mass is 10.4. The van der Waals surface area contributed by atoms with E-state index in [1.165, 1.54) is 0 Å². The molecule has 0 amide bonds. The number of hydrogen-bond donors (Lipinski definition) is 1. The van der Waals surface area contributed by atoms with E-state index in [0.29, 0.717) is 19.4 Å². The first kappa shape index (κ1) is 14.0. The van der Waals surface area contributed by atoms with E-state index < -0.39 is 10.0 Å². The van der Waals surface area contributed by atoms with Crippen LogP contribution in [0.3, 0.4) is 0 Å². The largest absolute Gasteiger partial charge is 0.304 e. The number of nitrogens with one attached hydrogen (secondary N) is 1. The third-order valence-corrected chi connectivity index (χ3v) is 4.42. The molecule has 2 aromatic rings. The Kier molecular flexibility index (Phi) is 4.55. The van der Waals surface area contributed by atoms with Crippen LogP contribution in [0.2, 0.25) is 0 Å². The zero-order valence-corrected chi connectivity index (χ0v) is 11.9. The summed E-state index contributed by atoms with van der Waals surface area (Å²) in [4.78, 5) is 4.31. The molecule has 0 saturated heterocycles. The Morgan fingerprint density at radius 2 is 2.21 bits per heavy atom. The van der Waals surface area contributed by atoms with Crippen molar-refractivity contribution in [3.63, 3.8) is 0 Å². The summed E-state index contributed by atoms with van der Waals surface area (Å²) in [6, 6.07) is 5.86. The SMILES string of the molecule is CCCCS(=O)(=O)NCCc1ncc2ccccn12. The van der Waals surface area contributed by atoms with Crippen molar-refractivity contribution in [3.05, 3.63) is 36.4 Å². The van der Waals surface area contributed by atoms with Crippen LogP contribution in [-0.2, 0) is 16.4 Å². The Hall–Kier alpha value is -1.40. The van der Waals surface area contributed by atoms with Crippen LogP contribution in [0.1, 0.15) is 25.6 Å². The molecule has 0 aromatic carbocycles. The number of sulfonamides is 1. The average Bonchev–Trinajstić information content (AvgIpc) is 2.80. The molecule has 0 unspecified atom stereocenters. The predicted molar refractivity (Wildman–Crippen MR) is 75.6 cm³/mol. The fraction of sp³-hybridized carbons (Fsp3) is 0.462. The summed E-state index contributed by atoms with van der Waals surface area (Å²) in [5.74, 6) is 1.07. The summed E-state index contributed by atoms with van der Waals surface area (Å²) in [7, 11) is -3.14. The van der Waals surface area contributed by atoms with Crippen molar-refractivity contribution in [1.82, 2.24) is 14.1 Å². The zero-order chi connectivity index (χ0) is 13.7. The van der Waals surface area contributed by atoms with E-state index in [2.05, 4.69) is 9.71 Å². The summed E-state index contributed by atoms with van der Waals surface area (Å²) in [5, 5.41) is 0. The highest BCUT2D eigenvalue weighted by Gasteiger charge is 2.09. The highest BCUT2D eigenvalue weighted by molar-refractivity contribution is 7.89. The topological polar surface area (TPSA) is 63.5 Å². The molecule has 0 aliphatic carbocycles. The van der Waals surface area contributed by atoms with Gasteiger partial charge in [0.05, 0.1) is 17.5 Å². The van der Waals surface area contributed by atoms with E-state index in [0.717, 1.165) is 17.8 Å². The highest BCUT2D eigenvalue weighted by atomic mass is 32.2. The second-order valence-corrected chi connectivity index (χ2v) is 6.41. The molecule has 0 aliphatic heterocycles. The van der Waals surface area contributed by atoms with Gasteiger partial charge in [0.2, 0.25) is 10.0 Å². The van der Waals surface area contributed by atoms with Crippen molar-refractivity contribution >= 4 is 15.5 Å². The minimum absolute atomic E-state index is 0.200. The molecule has 6 heteroatoms. The van der Waals surface area contributed by atoms with Gasteiger partial charge in [0.1, 0.15) is 5.82 Å². The Morgan fingerprint density at radius 1 is 1.37 bits per heavy atom. The normalized spacial score (nSPS) is 12.1. The first-order chi connectivity index (χ1) is 9.12.